The van der Waals surface area contributed by atoms with Crippen LogP contribution in [0.1, 0.15) is 30.9 Å². The second-order valence-electron chi connectivity index (χ2n) is 10.1. The molecule has 36 heavy (non-hydrogen) atoms. The van der Waals surface area contributed by atoms with E-state index in [-0.39, 0.29) is 17.7 Å². The van der Waals surface area contributed by atoms with Crippen LogP contribution in [0, 0.1) is 29.4 Å². The number of hydrogen-bond donors (Lipinski definition) is 1. The molecule has 2 aromatic carbocycles. The normalized spacial score (nSPS) is 28.4. The van der Waals surface area contributed by atoms with Gasteiger partial charge in [-0.2, -0.15) is 5.10 Å². The number of rotatable bonds is 4. The summed E-state index contributed by atoms with van der Waals surface area (Å²) in [5.74, 6) is -2.21. The van der Waals surface area contributed by atoms with E-state index in [0.717, 1.165) is 11.6 Å². The van der Waals surface area contributed by atoms with Gasteiger partial charge in [0.2, 0.25) is 5.91 Å². The molecule has 2 saturated heterocycles. The van der Waals surface area contributed by atoms with E-state index in [2.05, 4.69) is 10.2 Å². The molecule has 3 aromatic rings. The van der Waals surface area contributed by atoms with Crippen molar-refractivity contribution in [3.05, 3.63) is 89.6 Å². The maximum absolute atomic E-state index is 14.9. The van der Waals surface area contributed by atoms with Gasteiger partial charge < -0.3 is 14.9 Å². The highest BCUT2D eigenvalue weighted by molar-refractivity contribution is 5.82. The van der Waals surface area contributed by atoms with Gasteiger partial charge in [-0.15, -0.1) is 5.10 Å². The van der Waals surface area contributed by atoms with Gasteiger partial charge in [0.1, 0.15) is 11.6 Å². The number of halogens is 2. The first-order valence-corrected chi connectivity index (χ1v) is 12.3. The first kappa shape index (κ1) is 24.3. The molecule has 2 aliphatic heterocycles. The number of hydrogen-bond acceptors (Lipinski definition) is 5. The maximum atomic E-state index is 14.9. The van der Waals surface area contributed by atoms with Gasteiger partial charge in [-0.25, -0.2) is 8.78 Å². The largest absolute Gasteiger partial charge is 0.384 e. The molecule has 4 atom stereocenters. The van der Waals surface area contributed by atoms with E-state index in [4.69, 9.17) is 0 Å². The van der Waals surface area contributed by atoms with Gasteiger partial charge in [0.15, 0.2) is 5.82 Å². The molecular weight excluding hydrogens is 462 g/mol. The Kier molecular flexibility index (Phi) is 6.47. The Hall–Kier alpha value is -3.39. The second-order valence-corrected chi connectivity index (χ2v) is 10.1. The minimum Gasteiger partial charge on any atom is -0.384 e. The summed E-state index contributed by atoms with van der Waals surface area (Å²) >= 11 is 0. The number of benzene rings is 2. The lowest BCUT2D eigenvalue weighted by Gasteiger charge is -2.48. The molecule has 6 nitrogen and oxygen atoms in total. The van der Waals surface area contributed by atoms with Crippen LogP contribution in [0.15, 0.2) is 66.9 Å². The molecule has 0 saturated carbocycles. The smallest absolute Gasteiger partial charge is 0.228 e. The number of nitrogens with zero attached hydrogens (tertiary/aromatic N) is 4. The van der Waals surface area contributed by atoms with E-state index in [9.17, 15) is 18.7 Å². The number of amides is 1. The van der Waals surface area contributed by atoms with Crippen LogP contribution in [-0.4, -0.2) is 52.3 Å². The van der Waals surface area contributed by atoms with Crippen LogP contribution in [0.25, 0.3) is 0 Å². The first-order chi connectivity index (χ1) is 17.3. The molecule has 2 aliphatic rings. The summed E-state index contributed by atoms with van der Waals surface area (Å²) in [5.41, 5.74) is 0.111. The zero-order valence-electron chi connectivity index (χ0n) is 20.4. The van der Waals surface area contributed by atoms with Gasteiger partial charge >= 0.3 is 0 Å². The van der Waals surface area contributed by atoms with Crippen molar-refractivity contribution in [3.63, 3.8) is 0 Å². The molecule has 3 heterocycles. The summed E-state index contributed by atoms with van der Waals surface area (Å²) in [7, 11) is 0. The van der Waals surface area contributed by atoms with Crippen molar-refractivity contribution < 1.29 is 18.7 Å². The topological polar surface area (TPSA) is 69.6 Å². The van der Waals surface area contributed by atoms with Gasteiger partial charge in [0.25, 0.3) is 0 Å². The summed E-state index contributed by atoms with van der Waals surface area (Å²) in [6.45, 7) is 5.40. The predicted molar refractivity (Wildman–Crippen MR) is 132 cm³/mol. The van der Waals surface area contributed by atoms with Crippen LogP contribution in [-0.2, 0) is 10.4 Å². The van der Waals surface area contributed by atoms with Crippen molar-refractivity contribution in [2.45, 2.75) is 25.4 Å². The quantitative estimate of drug-likeness (QED) is 0.597. The molecule has 0 radical (unpaired) electrons. The Balaban J connectivity index is 1.43. The van der Waals surface area contributed by atoms with E-state index in [0.29, 0.717) is 37.6 Å². The molecule has 0 aliphatic carbocycles. The number of anilines is 1. The average molecular weight is 493 g/mol. The molecule has 1 aromatic heterocycles. The fraction of sp³-hybridized carbons (Fsp3) is 0.393. The molecule has 188 valence electrons. The van der Waals surface area contributed by atoms with E-state index >= 15 is 0 Å². The number of carbonyl (C=O) groups is 1. The van der Waals surface area contributed by atoms with E-state index in [1.165, 1.54) is 12.1 Å². The minimum atomic E-state index is -1.05. The van der Waals surface area contributed by atoms with E-state index in [1.807, 2.05) is 55.1 Å². The average Bonchev–Trinajstić information content (AvgIpc) is 3.32. The van der Waals surface area contributed by atoms with Crippen molar-refractivity contribution in [2.24, 2.45) is 17.8 Å². The fourth-order valence-electron chi connectivity index (χ4n) is 6.01. The SMILES string of the molecule is CC1CN(C(=O)[C@@H]2CN(c3cccnn3)C[C@H]2c2ccc(F)cc2F)CC(C)C1(O)c1ccccc1. The van der Waals surface area contributed by atoms with Crippen LogP contribution in [0.4, 0.5) is 14.6 Å². The molecule has 2 fully saturated rings. The summed E-state index contributed by atoms with van der Waals surface area (Å²) < 4.78 is 28.5. The Morgan fingerprint density at radius 1 is 0.972 bits per heavy atom. The Morgan fingerprint density at radius 2 is 1.69 bits per heavy atom. The Morgan fingerprint density at radius 3 is 2.33 bits per heavy atom. The molecule has 8 heteroatoms. The molecular formula is C28H30F2N4O2. The van der Waals surface area contributed by atoms with E-state index in [1.54, 1.807) is 17.2 Å². The molecule has 5 rings (SSSR count). The van der Waals surface area contributed by atoms with Gasteiger partial charge in [0, 0.05) is 56.2 Å². The van der Waals surface area contributed by atoms with Crippen LogP contribution in [0.2, 0.25) is 0 Å². The second kappa shape index (κ2) is 9.58. The third-order valence-electron chi connectivity index (χ3n) is 7.92. The highest BCUT2D eigenvalue weighted by Gasteiger charge is 2.49. The zero-order chi connectivity index (χ0) is 25.4. The Labute approximate surface area is 209 Å². The number of aromatic nitrogens is 2. The molecule has 2 unspecified atom stereocenters. The highest BCUT2D eigenvalue weighted by Crippen LogP contribution is 2.43. The molecule has 1 amide bonds. The number of likely N-dealkylation sites (tertiary alicyclic amines) is 1. The van der Waals surface area contributed by atoms with Gasteiger partial charge in [-0.1, -0.05) is 50.2 Å². The van der Waals surface area contributed by atoms with Crippen LogP contribution >= 0.6 is 0 Å². The first-order valence-electron chi connectivity index (χ1n) is 12.3. The third kappa shape index (κ3) is 4.23. The zero-order valence-corrected chi connectivity index (χ0v) is 20.4. The van der Waals surface area contributed by atoms with Gasteiger partial charge in [-0.3, -0.25) is 4.79 Å². The van der Waals surface area contributed by atoms with Crippen molar-refractivity contribution in [1.29, 1.82) is 0 Å². The number of piperidine rings is 1. The lowest BCUT2D eigenvalue weighted by Crippen LogP contribution is -2.57. The predicted octanol–water partition coefficient (Wildman–Crippen LogP) is 3.98. The minimum absolute atomic E-state index is 0.0936. The molecule has 0 bridgehead atoms. The summed E-state index contributed by atoms with van der Waals surface area (Å²) in [6, 6.07) is 16.7. The number of carbonyl (C=O) groups excluding carboxylic acids is 1. The van der Waals surface area contributed by atoms with Crippen LogP contribution < -0.4 is 4.90 Å². The van der Waals surface area contributed by atoms with Crippen molar-refractivity contribution in [1.82, 2.24) is 15.1 Å². The molecule has 0 spiro atoms. The maximum Gasteiger partial charge on any atom is 0.228 e. The van der Waals surface area contributed by atoms with Gasteiger partial charge in [-0.05, 0) is 29.3 Å². The lowest BCUT2D eigenvalue weighted by atomic mass is 9.70. The van der Waals surface area contributed by atoms with Crippen molar-refractivity contribution >= 4 is 11.7 Å². The Bertz CT molecular complexity index is 1210. The van der Waals surface area contributed by atoms with Crippen molar-refractivity contribution in [3.8, 4) is 0 Å². The summed E-state index contributed by atoms with van der Waals surface area (Å²) in [6.07, 6.45) is 1.57. The summed E-state index contributed by atoms with van der Waals surface area (Å²) in [4.78, 5) is 17.7. The third-order valence-corrected chi connectivity index (χ3v) is 7.92. The van der Waals surface area contributed by atoms with Crippen LogP contribution in [0.5, 0.6) is 0 Å². The fourth-order valence-corrected chi connectivity index (χ4v) is 6.01. The lowest BCUT2D eigenvalue weighted by molar-refractivity contribution is -0.152. The van der Waals surface area contributed by atoms with Crippen LogP contribution in [0.3, 0.4) is 0 Å². The number of aliphatic hydroxyl groups is 1. The standard InChI is InChI=1S/C28H30F2N4O2/c1-18-14-34(15-19(2)28(18,36)20-7-4-3-5-8-20)27(35)24-17-33(26-9-6-12-31-32-26)16-23(24)22-11-10-21(29)13-25(22)30/h3-13,18-19,23-24,36H,14-17H2,1-2H3/t18?,19?,23-,24+,28?/m0/s1. The highest BCUT2D eigenvalue weighted by atomic mass is 19.1. The van der Waals surface area contributed by atoms with E-state index < -0.39 is 29.1 Å². The summed E-state index contributed by atoms with van der Waals surface area (Å²) in [5, 5.41) is 19.8. The monoisotopic (exact) mass is 492 g/mol. The van der Waals surface area contributed by atoms with Crippen molar-refractivity contribution in [2.75, 3.05) is 31.1 Å². The molecule has 1 N–H and O–H groups in total. The van der Waals surface area contributed by atoms with Gasteiger partial charge in [0.05, 0.1) is 11.5 Å².